The zero-order valence-corrected chi connectivity index (χ0v) is 6.84. The first-order valence-corrected chi connectivity index (χ1v) is 3.80. The predicted octanol–water partition coefficient (Wildman–Crippen LogP) is 0.680. The molecule has 0 radical (unpaired) electrons. The maximum Gasteiger partial charge on any atom is 0.225 e. The van der Waals surface area contributed by atoms with Gasteiger partial charge in [0.15, 0.2) is 0 Å². The molecule has 1 unspecified atom stereocenters. The van der Waals surface area contributed by atoms with Crippen LogP contribution in [0.25, 0.3) is 0 Å². The fraction of sp³-hybridized carbons (Fsp3) is 0.571. The van der Waals surface area contributed by atoms with Crippen LogP contribution in [0.15, 0.2) is 11.6 Å². The summed E-state index contributed by atoms with van der Waals surface area (Å²) in [5.41, 5.74) is 0. The Morgan fingerprint density at radius 2 is 2.55 bits per heavy atom. The highest BCUT2D eigenvalue weighted by Gasteiger charge is 2.28. The van der Waals surface area contributed by atoms with Crippen LogP contribution in [0.1, 0.15) is 12.8 Å². The van der Waals surface area contributed by atoms with Gasteiger partial charge in [-0.1, -0.05) is 18.2 Å². The Kier molecular flexibility index (Phi) is 2.52. The quantitative estimate of drug-likeness (QED) is 0.671. The monoisotopic (exact) mass is 175 g/mol. The predicted molar refractivity (Wildman–Crippen MR) is 41.9 cm³/mol. The second-order valence-corrected chi connectivity index (χ2v) is 3.09. The number of nitrogens with zero attached hydrogens (tertiary/aromatic N) is 1. The van der Waals surface area contributed by atoms with Gasteiger partial charge < -0.3 is 10.0 Å². The highest BCUT2D eigenvalue weighted by atomic mass is 35.5. The lowest BCUT2D eigenvalue weighted by Crippen LogP contribution is -2.33. The SMILES string of the molecule is C=C(Cl)CN1C(=O)CCC1O. The molecular formula is C7H10ClNO2. The van der Waals surface area contributed by atoms with Crippen LogP contribution >= 0.6 is 11.6 Å². The van der Waals surface area contributed by atoms with Crippen LogP contribution in [0.2, 0.25) is 0 Å². The molecule has 1 rings (SSSR count). The van der Waals surface area contributed by atoms with Crippen LogP contribution in [-0.2, 0) is 4.79 Å². The first-order chi connectivity index (χ1) is 5.11. The van der Waals surface area contributed by atoms with Crippen molar-refractivity contribution in [1.29, 1.82) is 0 Å². The molecule has 1 N–H and O–H groups in total. The number of hydrogen-bond donors (Lipinski definition) is 1. The molecule has 11 heavy (non-hydrogen) atoms. The van der Waals surface area contributed by atoms with Crippen molar-refractivity contribution in [3.63, 3.8) is 0 Å². The molecule has 0 aromatic carbocycles. The molecule has 0 aromatic heterocycles. The van der Waals surface area contributed by atoms with Gasteiger partial charge in [0, 0.05) is 17.9 Å². The number of carbonyl (C=O) groups is 1. The lowest BCUT2D eigenvalue weighted by atomic mass is 10.4. The van der Waals surface area contributed by atoms with Gasteiger partial charge in [0.2, 0.25) is 5.91 Å². The van der Waals surface area contributed by atoms with Crippen molar-refractivity contribution < 1.29 is 9.90 Å². The maximum absolute atomic E-state index is 11.0. The first-order valence-electron chi connectivity index (χ1n) is 3.42. The number of rotatable bonds is 2. The number of hydrogen-bond acceptors (Lipinski definition) is 2. The second kappa shape index (κ2) is 3.24. The van der Waals surface area contributed by atoms with Crippen molar-refractivity contribution in [2.45, 2.75) is 19.1 Å². The van der Waals surface area contributed by atoms with E-state index in [0.29, 0.717) is 17.9 Å². The number of carbonyl (C=O) groups excluding carboxylic acids is 1. The Morgan fingerprint density at radius 1 is 1.91 bits per heavy atom. The van der Waals surface area contributed by atoms with E-state index in [1.807, 2.05) is 0 Å². The number of halogens is 1. The van der Waals surface area contributed by atoms with Crippen molar-refractivity contribution in [3.8, 4) is 0 Å². The van der Waals surface area contributed by atoms with Crippen LogP contribution in [0.4, 0.5) is 0 Å². The van der Waals surface area contributed by atoms with Crippen molar-refractivity contribution in [3.05, 3.63) is 11.6 Å². The van der Waals surface area contributed by atoms with E-state index in [-0.39, 0.29) is 12.5 Å². The molecule has 0 spiro atoms. The average molecular weight is 176 g/mol. The van der Waals surface area contributed by atoms with Crippen LogP contribution in [0.5, 0.6) is 0 Å². The van der Waals surface area contributed by atoms with Crippen LogP contribution in [-0.4, -0.2) is 28.7 Å². The van der Waals surface area contributed by atoms with E-state index in [2.05, 4.69) is 6.58 Å². The zero-order chi connectivity index (χ0) is 8.43. The summed E-state index contributed by atoms with van der Waals surface area (Å²) in [6.07, 6.45) is 0.243. The van der Waals surface area contributed by atoms with Crippen molar-refractivity contribution >= 4 is 17.5 Å². The van der Waals surface area contributed by atoms with Gasteiger partial charge in [-0.3, -0.25) is 4.79 Å². The third kappa shape index (κ3) is 1.94. The third-order valence-electron chi connectivity index (χ3n) is 1.64. The summed E-state index contributed by atoms with van der Waals surface area (Å²) in [5, 5.41) is 9.59. The summed E-state index contributed by atoms with van der Waals surface area (Å²) in [6, 6.07) is 0. The summed E-state index contributed by atoms with van der Waals surface area (Å²) < 4.78 is 0. The van der Waals surface area contributed by atoms with E-state index >= 15 is 0 Å². The molecule has 1 fully saturated rings. The largest absolute Gasteiger partial charge is 0.373 e. The lowest BCUT2D eigenvalue weighted by Gasteiger charge is -2.19. The molecule has 1 atom stereocenters. The molecule has 3 nitrogen and oxygen atoms in total. The van der Waals surface area contributed by atoms with E-state index in [0.717, 1.165) is 0 Å². The highest BCUT2D eigenvalue weighted by molar-refractivity contribution is 6.29. The summed E-state index contributed by atoms with van der Waals surface area (Å²) >= 11 is 5.49. The molecule has 62 valence electrons. The van der Waals surface area contributed by atoms with Crippen molar-refractivity contribution in [1.82, 2.24) is 4.90 Å². The normalized spacial score (nSPS) is 24.4. The molecule has 0 saturated carbocycles. The Hall–Kier alpha value is -0.540. The Balaban J connectivity index is 2.54. The summed E-state index contributed by atoms with van der Waals surface area (Å²) in [6.45, 7) is 3.70. The van der Waals surface area contributed by atoms with Gasteiger partial charge in [-0.05, 0) is 0 Å². The summed E-state index contributed by atoms with van der Waals surface area (Å²) in [5.74, 6) is -0.0562. The molecule has 1 heterocycles. The van der Waals surface area contributed by atoms with Gasteiger partial charge in [0.05, 0.1) is 6.54 Å². The van der Waals surface area contributed by atoms with E-state index in [1.165, 1.54) is 4.90 Å². The Morgan fingerprint density at radius 3 is 2.91 bits per heavy atom. The summed E-state index contributed by atoms with van der Waals surface area (Å²) in [7, 11) is 0. The molecule has 4 heteroatoms. The number of aliphatic hydroxyl groups excluding tert-OH is 1. The van der Waals surface area contributed by atoms with Gasteiger partial charge >= 0.3 is 0 Å². The molecule has 1 saturated heterocycles. The summed E-state index contributed by atoms with van der Waals surface area (Å²) in [4.78, 5) is 12.3. The minimum absolute atomic E-state index is 0.0562. The van der Waals surface area contributed by atoms with Crippen LogP contribution < -0.4 is 0 Å². The fourth-order valence-electron chi connectivity index (χ4n) is 1.10. The standard InChI is InChI=1S/C7H10ClNO2/c1-5(8)4-9-6(10)2-3-7(9)11/h6,10H,1-4H2. The minimum atomic E-state index is -0.669. The van der Waals surface area contributed by atoms with Gasteiger partial charge in [0.1, 0.15) is 6.23 Å². The maximum atomic E-state index is 11.0. The Labute approximate surface area is 70.3 Å². The smallest absolute Gasteiger partial charge is 0.225 e. The first kappa shape index (κ1) is 8.56. The number of likely N-dealkylation sites (tertiary alicyclic amines) is 1. The van der Waals surface area contributed by atoms with Gasteiger partial charge in [-0.25, -0.2) is 0 Å². The fourth-order valence-corrected chi connectivity index (χ4v) is 1.23. The van der Waals surface area contributed by atoms with Gasteiger partial charge in [0.25, 0.3) is 0 Å². The van der Waals surface area contributed by atoms with E-state index in [9.17, 15) is 9.90 Å². The second-order valence-electron chi connectivity index (χ2n) is 2.56. The molecule has 0 aromatic rings. The van der Waals surface area contributed by atoms with Crippen LogP contribution in [0.3, 0.4) is 0 Å². The molecular weight excluding hydrogens is 166 g/mol. The third-order valence-corrected chi connectivity index (χ3v) is 1.76. The number of amides is 1. The van der Waals surface area contributed by atoms with Gasteiger partial charge in [-0.15, -0.1) is 0 Å². The van der Waals surface area contributed by atoms with E-state index < -0.39 is 6.23 Å². The number of aliphatic hydroxyl groups is 1. The lowest BCUT2D eigenvalue weighted by molar-refractivity contribution is -0.132. The molecule has 1 amide bonds. The Bertz CT molecular complexity index is 193. The van der Waals surface area contributed by atoms with E-state index in [4.69, 9.17) is 11.6 Å². The topological polar surface area (TPSA) is 40.5 Å². The average Bonchev–Trinajstić information content (AvgIpc) is 2.18. The van der Waals surface area contributed by atoms with E-state index in [1.54, 1.807) is 0 Å². The van der Waals surface area contributed by atoms with Crippen LogP contribution in [0, 0.1) is 0 Å². The molecule has 1 aliphatic heterocycles. The molecule has 0 bridgehead atoms. The van der Waals surface area contributed by atoms with Crippen molar-refractivity contribution in [2.24, 2.45) is 0 Å². The minimum Gasteiger partial charge on any atom is -0.373 e. The zero-order valence-electron chi connectivity index (χ0n) is 6.09. The molecule has 0 aliphatic carbocycles. The molecule has 1 aliphatic rings. The highest BCUT2D eigenvalue weighted by Crippen LogP contribution is 2.17. The van der Waals surface area contributed by atoms with Gasteiger partial charge in [-0.2, -0.15) is 0 Å². The van der Waals surface area contributed by atoms with Crippen molar-refractivity contribution in [2.75, 3.05) is 6.54 Å².